The highest BCUT2D eigenvalue weighted by atomic mass is 35.5. The Morgan fingerprint density at radius 3 is 2.44 bits per heavy atom. The Hall–Kier alpha value is -1.13. The fourth-order valence-corrected chi connectivity index (χ4v) is 4.03. The van der Waals surface area contributed by atoms with Gasteiger partial charge in [0.15, 0.2) is 11.0 Å². The van der Waals surface area contributed by atoms with E-state index in [1.54, 1.807) is 24.3 Å². The monoisotopic (exact) mass is 281 g/mol. The van der Waals surface area contributed by atoms with Crippen molar-refractivity contribution in [3.05, 3.63) is 39.8 Å². The van der Waals surface area contributed by atoms with Crippen LogP contribution in [0.15, 0.2) is 34.7 Å². The maximum atomic E-state index is 12.4. The summed E-state index contributed by atoms with van der Waals surface area (Å²) < 4.78 is 13.7. The Bertz CT molecular complexity index is 537. The van der Waals surface area contributed by atoms with Gasteiger partial charge in [-0.2, -0.15) is 0 Å². The van der Waals surface area contributed by atoms with Gasteiger partial charge in [-0.05, 0) is 49.9 Å². The molecule has 1 atom stereocenters. The number of carbonyl (C=O) groups excluding carboxylic acids is 1. The predicted molar refractivity (Wildman–Crippen MR) is 72.6 cm³/mol. The van der Waals surface area contributed by atoms with Crippen LogP contribution in [0, 0.1) is 0 Å². The average molecular weight is 282 g/mol. The topological polar surface area (TPSA) is 37.4 Å². The Labute approximate surface area is 113 Å². The second kappa shape index (κ2) is 4.52. The van der Waals surface area contributed by atoms with Gasteiger partial charge in [0.1, 0.15) is 0 Å². The number of amides is 1. The second-order valence-electron chi connectivity index (χ2n) is 4.43. The lowest BCUT2D eigenvalue weighted by molar-refractivity contribution is -0.114. The maximum absolute atomic E-state index is 12.4. The Morgan fingerprint density at radius 1 is 1.11 bits per heavy atom. The van der Waals surface area contributed by atoms with Gasteiger partial charge in [-0.15, -0.1) is 0 Å². The second-order valence-corrected chi connectivity index (χ2v) is 6.23. The lowest BCUT2D eigenvalue weighted by Crippen LogP contribution is -2.27. The van der Waals surface area contributed by atoms with Crippen molar-refractivity contribution in [3.8, 4) is 0 Å². The number of hydrogen-bond acceptors (Lipinski definition) is 2. The minimum atomic E-state index is -1.34. The summed E-state index contributed by atoms with van der Waals surface area (Å²) in [5.41, 5.74) is 1.41. The number of nitrogens with zero attached hydrogens (tertiary/aromatic N) is 1. The van der Waals surface area contributed by atoms with E-state index in [9.17, 15) is 9.00 Å². The van der Waals surface area contributed by atoms with Crippen molar-refractivity contribution in [3.63, 3.8) is 0 Å². The third-order valence-electron chi connectivity index (χ3n) is 3.30. The molecule has 1 unspecified atom stereocenters. The summed E-state index contributed by atoms with van der Waals surface area (Å²) >= 11 is 5.82. The zero-order valence-electron chi connectivity index (χ0n) is 9.69. The van der Waals surface area contributed by atoms with Gasteiger partial charge in [0.2, 0.25) is 0 Å². The molecule has 1 aliphatic heterocycles. The van der Waals surface area contributed by atoms with Gasteiger partial charge in [0.25, 0.3) is 5.91 Å². The summed E-state index contributed by atoms with van der Waals surface area (Å²) in [6.07, 6.45) is 3.56. The molecule has 5 heteroatoms. The molecule has 0 bridgehead atoms. The molecule has 0 N–H and O–H groups in total. The van der Waals surface area contributed by atoms with Crippen LogP contribution in [0.4, 0.5) is 5.69 Å². The van der Waals surface area contributed by atoms with Crippen molar-refractivity contribution in [2.45, 2.75) is 25.7 Å². The van der Waals surface area contributed by atoms with E-state index in [4.69, 9.17) is 11.6 Å². The first-order chi connectivity index (χ1) is 8.68. The molecule has 18 heavy (non-hydrogen) atoms. The minimum Gasteiger partial charge on any atom is -0.268 e. The molecule has 1 heterocycles. The molecule has 2 aliphatic rings. The number of halogens is 1. The van der Waals surface area contributed by atoms with Crippen molar-refractivity contribution in [1.29, 1.82) is 0 Å². The van der Waals surface area contributed by atoms with Crippen molar-refractivity contribution in [1.82, 2.24) is 0 Å². The van der Waals surface area contributed by atoms with Gasteiger partial charge in [-0.3, -0.25) is 4.79 Å². The number of rotatable bonds is 1. The largest absolute Gasteiger partial charge is 0.268 e. The fourth-order valence-electron chi connectivity index (χ4n) is 2.39. The summed E-state index contributed by atoms with van der Waals surface area (Å²) in [5, 5.41) is 0.605. The number of hydrogen-bond donors (Lipinski definition) is 0. The average Bonchev–Trinajstić information content (AvgIpc) is 2.64. The molecular weight excluding hydrogens is 270 g/mol. The maximum Gasteiger partial charge on any atom is 0.267 e. The van der Waals surface area contributed by atoms with E-state index in [-0.39, 0.29) is 5.91 Å². The van der Waals surface area contributed by atoms with E-state index < -0.39 is 11.0 Å². The Kier molecular flexibility index (Phi) is 2.99. The van der Waals surface area contributed by atoms with Gasteiger partial charge in [-0.25, -0.2) is 8.51 Å². The standard InChI is InChI=1S/C13H12ClNO2S/c14-9-5-7-10(8-6-9)15-13(16)11-3-1-2-4-12(11)18(15)17/h5-8H,1-4H2. The van der Waals surface area contributed by atoms with Crippen LogP contribution in [-0.2, 0) is 15.8 Å². The molecular formula is C13H12ClNO2S. The van der Waals surface area contributed by atoms with Crippen molar-refractivity contribution < 1.29 is 9.00 Å². The molecule has 1 aliphatic carbocycles. The van der Waals surface area contributed by atoms with E-state index in [0.717, 1.165) is 36.2 Å². The quantitative estimate of drug-likeness (QED) is 0.793. The third kappa shape index (κ3) is 1.80. The van der Waals surface area contributed by atoms with Crippen LogP contribution in [0.2, 0.25) is 5.02 Å². The molecule has 0 spiro atoms. The lowest BCUT2D eigenvalue weighted by Gasteiger charge is -2.15. The molecule has 3 rings (SSSR count). The number of anilines is 1. The molecule has 94 valence electrons. The van der Waals surface area contributed by atoms with Gasteiger partial charge in [-0.1, -0.05) is 11.6 Å². The van der Waals surface area contributed by atoms with Crippen LogP contribution >= 0.6 is 11.6 Å². The van der Waals surface area contributed by atoms with Crippen molar-refractivity contribution in [2.24, 2.45) is 0 Å². The van der Waals surface area contributed by atoms with E-state index in [1.807, 2.05) is 0 Å². The molecule has 3 nitrogen and oxygen atoms in total. The normalized spacial score (nSPS) is 23.5. The SMILES string of the molecule is O=C1C2=C(CCCC2)S(=O)N1c1ccc(Cl)cc1. The number of allylic oxidation sites excluding steroid dienone is 1. The fraction of sp³-hybridized carbons (Fsp3) is 0.308. The molecule has 0 saturated carbocycles. The smallest absolute Gasteiger partial charge is 0.267 e. The first-order valence-corrected chi connectivity index (χ1v) is 7.41. The first-order valence-electron chi connectivity index (χ1n) is 5.92. The summed E-state index contributed by atoms with van der Waals surface area (Å²) in [6, 6.07) is 6.88. The molecule has 0 radical (unpaired) electrons. The predicted octanol–water partition coefficient (Wildman–Crippen LogP) is 3.18. The minimum absolute atomic E-state index is 0.106. The van der Waals surface area contributed by atoms with Gasteiger partial charge < -0.3 is 0 Å². The highest BCUT2D eigenvalue weighted by Gasteiger charge is 2.38. The van der Waals surface area contributed by atoms with Crippen LogP contribution in [-0.4, -0.2) is 10.1 Å². The number of benzene rings is 1. The van der Waals surface area contributed by atoms with E-state index in [0.29, 0.717) is 10.7 Å². The van der Waals surface area contributed by atoms with Gasteiger partial charge in [0, 0.05) is 15.5 Å². The van der Waals surface area contributed by atoms with Crippen LogP contribution in [0.25, 0.3) is 0 Å². The lowest BCUT2D eigenvalue weighted by atomic mass is 9.99. The summed E-state index contributed by atoms with van der Waals surface area (Å²) in [4.78, 5) is 13.1. The Morgan fingerprint density at radius 2 is 1.78 bits per heavy atom. The zero-order chi connectivity index (χ0) is 12.7. The summed E-state index contributed by atoms with van der Waals surface area (Å²) in [7, 11) is -1.34. The summed E-state index contributed by atoms with van der Waals surface area (Å²) in [6.45, 7) is 0. The van der Waals surface area contributed by atoms with Crippen LogP contribution in [0.1, 0.15) is 25.7 Å². The van der Waals surface area contributed by atoms with E-state index in [2.05, 4.69) is 0 Å². The van der Waals surface area contributed by atoms with E-state index >= 15 is 0 Å². The molecule has 0 fully saturated rings. The van der Waals surface area contributed by atoms with Crippen molar-refractivity contribution in [2.75, 3.05) is 4.31 Å². The molecule has 0 aromatic heterocycles. The van der Waals surface area contributed by atoms with Crippen LogP contribution < -0.4 is 4.31 Å². The van der Waals surface area contributed by atoms with Crippen LogP contribution in [0.3, 0.4) is 0 Å². The zero-order valence-corrected chi connectivity index (χ0v) is 11.3. The highest BCUT2D eigenvalue weighted by Crippen LogP contribution is 2.38. The molecule has 0 saturated heterocycles. The van der Waals surface area contributed by atoms with Crippen LogP contribution in [0.5, 0.6) is 0 Å². The molecule has 1 amide bonds. The molecule has 1 aromatic rings. The third-order valence-corrected chi connectivity index (χ3v) is 5.13. The van der Waals surface area contributed by atoms with Crippen molar-refractivity contribution >= 4 is 34.2 Å². The van der Waals surface area contributed by atoms with E-state index in [1.165, 1.54) is 4.31 Å². The highest BCUT2D eigenvalue weighted by molar-refractivity contribution is 7.91. The van der Waals surface area contributed by atoms with Gasteiger partial charge >= 0.3 is 0 Å². The molecule has 1 aromatic carbocycles. The van der Waals surface area contributed by atoms with Gasteiger partial charge in [0.05, 0.1) is 5.69 Å². The Balaban J connectivity index is 1.99. The first kappa shape index (κ1) is 11.9. The number of carbonyl (C=O) groups is 1. The summed E-state index contributed by atoms with van der Waals surface area (Å²) in [5.74, 6) is -0.106.